The highest BCUT2D eigenvalue weighted by molar-refractivity contribution is 5.36. The zero-order valence-corrected chi connectivity index (χ0v) is 6.54. The number of aromatic nitrogens is 2. The lowest BCUT2D eigenvalue weighted by Gasteiger charge is -2.10. The van der Waals surface area contributed by atoms with E-state index in [1.807, 2.05) is 0 Å². The number of nitrogens with zero attached hydrogens (tertiary/aromatic N) is 2. The van der Waals surface area contributed by atoms with Gasteiger partial charge in [0.1, 0.15) is 5.82 Å². The second-order valence-electron chi connectivity index (χ2n) is 3.28. The second kappa shape index (κ2) is 2.19. The molecule has 1 fully saturated rings. The molecule has 0 spiro atoms. The molecule has 1 saturated carbocycles. The van der Waals surface area contributed by atoms with Gasteiger partial charge < -0.3 is 5.32 Å². The largest absolute Gasteiger partial charge is 0.364 e. The van der Waals surface area contributed by atoms with Crippen molar-refractivity contribution in [3.8, 4) is 0 Å². The Morgan fingerprint density at radius 1 is 1.45 bits per heavy atom. The van der Waals surface area contributed by atoms with Crippen LogP contribution in [-0.2, 0) is 0 Å². The van der Waals surface area contributed by atoms with Crippen molar-refractivity contribution in [3.05, 3.63) is 18.6 Å². The van der Waals surface area contributed by atoms with Crippen LogP contribution < -0.4 is 5.32 Å². The maximum atomic E-state index is 4.13. The molecule has 0 aromatic carbocycles. The maximum Gasteiger partial charge on any atom is 0.144 e. The highest BCUT2D eigenvalue weighted by Crippen LogP contribution is 2.37. The Morgan fingerprint density at radius 3 is 2.82 bits per heavy atom. The fourth-order valence-corrected chi connectivity index (χ4v) is 0.985. The molecule has 2 rings (SSSR count). The van der Waals surface area contributed by atoms with Gasteiger partial charge in [-0.2, -0.15) is 0 Å². The summed E-state index contributed by atoms with van der Waals surface area (Å²) < 4.78 is 0. The van der Waals surface area contributed by atoms with Gasteiger partial charge in [0.25, 0.3) is 0 Å². The van der Waals surface area contributed by atoms with Crippen LogP contribution in [0.2, 0.25) is 0 Å². The average molecular weight is 149 g/mol. The Morgan fingerprint density at radius 2 is 2.27 bits per heavy atom. The SMILES string of the molecule is CC1(Nc2cnccn2)CC1. The van der Waals surface area contributed by atoms with Crippen molar-refractivity contribution < 1.29 is 0 Å². The molecular formula is C8H11N3. The monoisotopic (exact) mass is 149 g/mol. The fraction of sp³-hybridized carbons (Fsp3) is 0.500. The summed E-state index contributed by atoms with van der Waals surface area (Å²) in [5, 5.41) is 3.32. The minimum Gasteiger partial charge on any atom is -0.364 e. The highest BCUT2D eigenvalue weighted by atomic mass is 15.1. The van der Waals surface area contributed by atoms with Crippen molar-refractivity contribution in [1.29, 1.82) is 0 Å². The van der Waals surface area contributed by atoms with Crippen LogP contribution in [-0.4, -0.2) is 15.5 Å². The molecule has 58 valence electrons. The van der Waals surface area contributed by atoms with Crippen molar-refractivity contribution in [2.75, 3.05) is 5.32 Å². The molecule has 11 heavy (non-hydrogen) atoms. The van der Waals surface area contributed by atoms with Crippen LogP contribution in [0.3, 0.4) is 0 Å². The Hall–Kier alpha value is -1.12. The van der Waals surface area contributed by atoms with Gasteiger partial charge in [0.15, 0.2) is 0 Å². The van der Waals surface area contributed by atoms with E-state index in [0.717, 1.165) is 5.82 Å². The molecule has 0 bridgehead atoms. The van der Waals surface area contributed by atoms with Crippen molar-refractivity contribution in [3.63, 3.8) is 0 Å². The number of nitrogens with one attached hydrogen (secondary N) is 1. The van der Waals surface area contributed by atoms with Gasteiger partial charge in [-0.15, -0.1) is 0 Å². The molecule has 1 aliphatic rings. The summed E-state index contributed by atoms with van der Waals surface area (Å²) in [6, 6.07) is 0. The van der Waals surface area contributed by atoms with E-state index in [-0.39, 0.29) is 0 Å². The summed E-state index contributed by atoms with van der Waals surface area (Å²) in [5.74, 6) is 0.882. The predicted octanol–water partition coefficient (Wildman–Crippen LogP) is 1.44. The highest BCUT2D eigenvalue weighted by Gasteiger charge is 2.37. The third-order valence-electron chi connectivity index (χ3n) is 1.99. The molecule has 1 aromatic rings. The lowest BCUT2D eigenvalue weighted by atomic mass is 10.3. The van der Waals surface area contributed by atoms with E-state index < -0.39 is 0 Å². The normalized spacial score (nSPS) is 19.4. The molecule has 1 N–H and O–H groups in total. The standard InChI is InChI=1S/C8H11N3/c1-8(2-3-8)11-7-6-9-4-5-10-7/h4-6H,2-3H2,1H3,(H,10,11). The second-order valence-corrected chi connectivity index (χ2v) is 3.28. The summed E-state index contributed by atoms with van der Waals surface area (Å²) in [6.07, 6.45) is 7.62. The summed E-state index contributed by atoms with van der Waals surface area (Å²) in [7, 11) is 0. The van der Waals surface area contributed by atoms with Crippen LogP contribution in [0.25, 0.3) is 0 Å². The van der Waals surface area contributed by atoms with Crippen LogP contribution in [0.15, 0.2) is 18.6 Å². The molecule has 0 amide bonds. The van der Waals surface area contributed by atoms with Crippen molar-refractivity contribution >= 4 is 5.82 Å². The number of hydrogen-bond acceptors (Lipinski definition) is 3. The van der Waals surface area contributed by atoms with Gasteiger partial charge in [0.05, 0.1) is 6.20 Å². The molecule has 1 aliphatic carbocycles. The van der Waals surface area contributed by atoms with Crippen LogP contribution in [0.1, 0.15) is 19.8 Å². The van der Waals surface area contributed by atoms with Gasteiger partial charge in [0.2, 0.25) is 0 Å². The minimum absolute atomic E-state index is 0.302. The van der Waals surface area contributed by atoms with Crippen LogP contribution in [0, 0.1) is 0 Å². The third kappa shape index (κ3) is 1.48. The Kier molecular flexibility index (Phi) is 1.31. The van der Waals surface area contributed by atoms with Gasteiger partial charge in [0, 0.05) is 17.9 Å². The lowest BCUT2D eigenvalue weighted by Crippen LogP contribution is -2.16. The molecule has 0 atom stereocenters. The van der Waals surface area contributed by atoms with E-state index in [1.165, 1.54) is 12.8 Å². The van der Waals surface area contributed by atoms with Gasteiger partial charge in [-0.1, -0.05) is 0 Å². The molecule has 0 aliphatic heterocycles. The van der Waals surface area contributed by atoms with E-state index in [0.29, 0.717) is 5.54 Å². The predicted molar refractivity (Wildman–Crippen MR) is 43.3 cm³/mol. The average Bonchev–Trinajstić information content (AvgIpc) is 2.70. The zero-order valence-electron chi connectivity index (χ0n) is 6.54. The smallest absolute Gasteiger partial charge is 0.144 e. The van der Waals surface area contributed by atoms with Crippen molar-refractivity contribution in [2.45, 2.75) is 25.3 Å². The fourth-order valence-electron chi connectivity index (χ4n) is 0.985. The minimum atomic E-state index is 0.302. The van der Waals surface area contributed by atoms with E-state index in [9.17, 15) is 0 Å². The van der Waals surface area contributed by atoms with Gasteiger partial charge in [-0.05, 0) is 19.8 Å². The first kappa shape index (κ1) is 6.58. The summed E-state index contributed by atoms with van der Waals surface area (Å²) in [5.41, 5.74) is 0.302. The van der Waals surface area contributed by atoms with Crippen LogP contribution in [0.4, 0.5) is 5.82 Å². The molecule has 0 saturated heterocycles. The Labute approximate surface area is 65.9 Å². The van der Waals surface area contributed by atoms with Crippen LogP contribution in [0.5, 0.6) is 0 Å². The van der Waals surface area contributed by atoms with Gasteiger partial charge >= 0.3 is 0 Å². The molecular weight excluding hydrogens is 138 g/mol. The van der Waals surface area contributed by atoms with Crippen LogP contribution >= 0.6 is 0 Å². The van der Waals surface area contributed by atoms with Crippen molar-refractivity contribution in [1.82, 2.24) is 9.97 Å². The number of rotatable bonds is 2. The molecule has 0 radical (unpaired) electrons. The Bertz CT molecular complexity index is 241. The van der Waals surface area contributed by atoms with Gasteiger partial charge in [-0.3, -0.25) is 4.98 Å². The summed E-state index contributed by atoms with van der Waals surface area (Å²) in [4.78, 5) is 8.10. The quantitative estimate of drug-likeness (QED) is 0.691. The van der Waals surface area contributed by atoms with E-state index in [1.54, 1.807) is 18.6 Å². The summed E-state index contributed by atoms with van der Waals surface area (Å²) in [6.45, 7) is 2.20. The molecule has 3 heteroatoms. The van der Waals surface area contributed by atoms with Gasteiger partial charge in [-0.25, -0.2) is 4.98 Å². The topological polar surface area (TPSA) is 37.8 Å². The van der Waals surface area contributed by atoms with Crippen molar-refractivity contribution in [2.24, 2.45) is 0 Å². The molecule has 1 heterocycles. The summed E-state index contributed by atoms with van der Waals surface area (Å²) >= 11 is 0. The maximum absolute atomic E-state index is 4.13. The third-order valence-corrected chi connectivity index (χ3v) is 1.99. The first-order valence-corrected chi connectivity index (χ1v) is 3.83. The first-order valence-electron chi connectivity index (χ1n) is 3.83. The van der Waals surface area contributed by atoms with E-state index in [2.05, 4.69) is 22.2 Å². The van der Waals surface area contributed by atoms with E-state index in [4.69, 9.17) is 0 Å². The zero-order chi connectivity index (χ0) is 7.73. The number of hydrogen-bond donors (Lipinski definition) is 1. The molecule has 3 nitrogen and oxygen atoms in total. The molecule has 1 aromatic heterocycles. The molecule has 0 unspecified atom stereocenters. The first-order chi connectivity index (χ1) is 5.29. The van der Waals surface area contributed by atoms with E-state index >= 15 is 0 Å². The lowest BCUT2D eigenvalue weighted by molar-refractivity contribution is 0.818. The number of anilines is 1. The Balaban J connectivity index is 2.07.